The van der Waals surface area contributed by atoms with Gasteiger partial charge in [-0.3, -0.25) is 4.79 Å². The second-order valence-corrected chi connectivity index (χ2v) is 5.86. The maximum Gasteiger partial charge on any atom is 0.258 e. The van der Waals surface area contributed by atoms with E-state index in [-0.39, 0.29) is 5.91 Å². The molecule has 0 aliphatic carbocycles. The second kappa shape index (κ2) is 7.62. The van der Waals surface area contributed by atoms with E-state index in [0.717, 1.165) is 23.0 Å². The van der Waals surface area contributed by atoms with E-state index in [9.17, 15) is 4.79 Å². The van der Waals surface area contributed by atoms with Gasteiger partial charge in [0.2, 0.25) is 0 Å². The van der Waals surface area contributed by atoms with Gasteiger partial charge in [0.05, 0.1) is 0 Å². The smallest absolute Gasteiger partial charge is 0.258 e. The van der Waals surface area contributed by atoms with E-state index in [1.54, 1.807) is 11.9 Å². The molecule has 2 aromatic carbocycles. The van der Waals surface area contributed by atoms with Crippen molar-refractivity contribution in [2.45, 2.75) is 12.3 Å². The number of hydrogen-bond acceptors (Lipinski definition) is 1. The fourth-order valence-electron chi connectivity index (χ4n) is 2.04. The summed E-state index contributed by atoms with van der Waals surface area (Å²) >= 11 is 9.18. The summed E-state index contributed by atoms with van der Waals surface area (Å²) < 4.78 is 0. The van der Waals surface area contributed by atoms with E-state index in [0.29, 0.717) is 11.4 Å². The van der Waals surface area contributed by atoms with Gasteiger partial charge in [0, 0.05) is 29.5 Å². The molecule has 0 radical (unpaired) electrons. The van der Waals surface area contributed by atoms with Crippen LogP contribution in [-0.2, 0) is 12.3 Å². The van der Waals surface area contributed by atoms with Crippen molar-refractivity contribution < 1.29 is 4.79 Å². The molecule has 0 saturated carbocycles. The molecule has 2 aromatic rings. The molecular weight excluding hydrogens is 350 g/mol. The first-order valence-electron chi connectivity index (χ1n) is 6.73. The van der Waals surface area contributed by atoms with Crippen LogP contribution in [0.4, 0.5) is 5.69 Å². The predicted octanol–water partition coefficient (Wildman–Crippen LogP) is 4.64. The van der Waals surface area contributed by atoms with Gasteiger partial charge in [0.1, 0.15) is 0 Å². The van der Waals surface area contributed by atoms with Crippen LogP contribution in [0.15, 0.2) is 48.5 Å². The maximum absolute atomic E-state index is 12.4. The van der Waals surface area contributed by atoms with E-state index in [1.165, 1.54) is 5.56 Å². The molecule has 110 valence electrons. The molecule has 0 N–H and O–H groups in total. The van der Waals surface area contributed by atoms with E-state index >= 15 is 0 Å². The highest BCUT2D eigenvalue weighted by Crippen LogP contribution is 2.18. The predicted molar refractivity (Wildman–Crippen MR) is 92.7 cm³/mol. The van der Waals surface area contributed by atoms with Crippen molar-refractivity contribution in [3.63, 3.8) is 0 Å². The molecule has 2 rings (SSSR count). The van der Waals surface area contributed by atoms with Crippen LogP contribution in [0.2, 0.25) is 0 Å². The number of carbonyl (C=O) groups excluding carboxylic acids is 1. The quantitative estimate of drug-likeness (QED) is 0.706. The molecule has 0 bridgehead atoms. The molecule has 0 aliphatic rings. The number of benzene rings is 2. The highest BCUT2D eigenvalue weighted by atomic mass is 79.9. The van der Waals surface area contributed by atoms with Crippen molar-refractivity contribution in [3.8, 4) is 0 Å². The fourth-order valence-corrected chi connectivity index (χ4v) is 2.68. The van der Waals surface area contributed by atoms with Gasteiger partial charge in [-0.25, -0.2) is 0 Å². The highest BCUT2D eigenvalue weighted by Gasteiger charge is 2.13. The lowest BCUT2D eigenvalue weighted by Gasteiger charge is -2.18. The highest BCUT2D eigenvalue weighted by molar-refractivity contribution is 9.09. The molecule has 1 amide bonds. The molecule has 0 heterocycles. The zero-order valence-electron chi connectivity index (χ0n) is 11.9. The van der Waals surface area contributed by atoms with Crippen molar-refractivity contribution in [1.29, 1.82) is 0 Å². The number of nitrogens with zero attached hydrogens (tertiary/aromatic N) is 1. The van der Waals surface area contributed by atoms with E-state index in [2.05, 4.69) is 28.1 Å². The van der Waals surface area contributed by atoms with E-state index < -0.39 is 0 Å². The van der Waals surface area contributed by atoms with Crippen LogP contribution in [0.5, 0.6) is 0 Å². The molecular formula is C17H17BrClNO. The molecule has 0 aromatic heterocycles. The van der Waals surface area contributed by atoms with Crippen molar-refractivity contribution in [2.75, 3.05) is 17.3 Å². The van der Waals surface area contributed by atoms with Gasteiger partial charge in [-0.15, -0.1) is 11.6 Å². The van der Waals surface area contributed by atoms with Crippen LogP contribution in [-0.4, -0.2) is 18.3 Å². The Bertz CT molecular complexity index is 595. The van der Waals surface area contributed by atoms with Gasteiger partial charge in [-0.2, -0.15) is 0 Å². The minimum atomic E-state index is -0.0237. The third kappa shape index (κ3) is 4.08. The van der Waals surface area contributed by atoms with Crippen LogP contribution >= 0.6 is 27.5 Å². The number of anilines is 1. The van der Waals surface area contributed by atoms with Crippen molar-refractivity contribution in [2.24, 2.45) is 0 Å². The first-order valence-corrected chi connectivity index (χ1v) is 8.39. The van der Waals surface area contributed by atoms with Gasteiger partial charge in [0.25, 0.3) is 5.91 Å². The Balaban J connectivity index is 2.13. The Morgan fingerprint density at radius 1 is 1.05 bits per heavy atom. The summed E-state index contributed by atoms with van der Waals surface area (Å²) in [5.74, 6) is 0.434. The van der Waals surface area contributed by atoms with Gasteiger partial charge in [0.15, 0.2) is 0 Å². The molecule has 0 fully saturated rings. The van der Waals surface area contributed by atoms with Gasteiger partial charge in [-0.1, -0.05) is 40.2 Å². The summed E-state index contributed by atoms with van der Waals surface area (Å²) in [6, 6.07) is 15.5. The number of alkyl halides is 2. The van der Waals surface area contributed by atoms with Crippen LogP contribution in [0, 0.1) is 0 Å². The Labute approximate surface area is 138 Å². The summed E-state index contributed by atoms with van der Waals surface area (Å²) in [6.07, 6.45) is 0.984. The zero-order valence-corrected chi connectivity index (χ0v) is 14.2. The molecule has 21 heavy (non-hydrogen) atoms. The maximum atomic E-state index is 12.4. The first kappa shape index (κ1) is 16.1. The summed E-state index contributed by atoms with van der Waals surface area (Å²) in [5, 5.41) is 0.939. The standard InChI is InChI=1S/C17H17BrClNO/c1-20(16-8-4-13(5-9-16)10-11-18)17(21)15-6-2-14(12-19)3-7-15/h2-9H,10-12H2,1H3. The van der Waals surface area contributed by atoms with E-state index in [4.69, 9.17) is 11.6 Å². The van der Waals surface area contributed by atoms with Crippen molar-refractivity contribution >= 4 is 39.1 Å². The summed E-state index contributed by atoms with van der Waals surface area (Å²) in [5.41, 5.74) is 3.81. The van der Waals surface area contributed by atoms with Crippen molar-refractivity contribution in [1.82, 2.24) is 0 Å². The van der Waals surface area contributed by atoms with E-state index in [1.807, 2.05) is 36.4 Å². The SMILES string of the molecule is CN(C(=O)c1ccc(CCl)cc1)c1ccc(CCBr)cc1. The monoisotopic (exact) mass is 365 g/mol. The molecule has 4 heteroatoms. The number of rotatable bonds is 5. The molecule has 0 unspecified atom stereocenters. The van der Waals surface area contributed by atoms with Crippen molar-refractivity contribution in [3.05, 3.63) is 65.2 Å². The van der Waals surface area contributed by atoms with Crippen LogP contribution in [0.1, 0.15) is 21.5 Å². The molecule has 2 nitrogen and oxygen atoms in total. The lowest BCUT2D eigenvalue weighted by atomic mass is 10.1. The van der Waals surface area contributed by atoms with Gasteiger partial charge >= 0.3 is 0 Å². The number of halogens is 2. The normalized spacial score (nSPS) is 10.4. The first-order chi connectivity index (χ1) is 10.2. The van der Waals surface area contributed by atoms with Crippen LogP contribution in [0.25, 0.3) is 0 Å². The molecule has 0 atom stereocenters. The average molecular weight is 367 g/mol. The van der Waals surface area contributed by atoms with Gasteiger partial charge < -0.3 is 4.90 Å². The zero-order chi connectivity index (χ0) is 15.2. The third-order valence-corrected chi connectivity index (χ3v) is 4.07. The molecule has 0 saturated heterocycles. The fraction of sp³-hybridized carbons (Fsp3) is 0.235. The summed E-state index contributed by atoms with van der Waals surface area (Å²) in [7, 11) is 1.79. The molecule has 0 aliphatic heterocycles. The number of aryl methyl sites for hydroxylation is 1. The minimum Gasteiger partial charge on any atom is -0.311 e. The Morgan fingerprint density at radius 3 is 2.14 bits per heavy atom. The minimum absolute atomic E-state index is 0.0237. The third-order valence-electron chi connectivity index (χ3n) is 3.37. The Kier molecular flexibility index (Phi) is 5.83. The summed E-state index contributed by atoms with van der Waals surface area (Å²) in [4.78, 5) is 14.1. The second-order valence-electron chi connectivity index (χ2n) is 4.80. The number of amides is 1. The van der Waals surface area contributed by atoms with Crippen LogP contribution < -0.4 is 4.90 Å². The largest absolute Gasteiger partial charge is 0.311 e. The average Bonchev–Trinajstić information content (AvgIpc) is 2.54. The number of carbonyl (C=O) groups is 1. The molecule has 0 spiro atoms. The summed E-state index contributed by atoms with van der Waals surface area (Å²) in [6.45, 7) is 0. The van der Waals surface area contributed by atoms with Gasteiger partial charge in [-0.05, 0) is 41.8 Å². The Morgan fingerprint density at radius 2 is 1.62 bits per heavy atom. The lowest BCUT2D eigenvalue weighted by molar-refractivity contribution is 0.0993. The van der Waals surface area contributed by atoms with Crippen LogP contribution in [0.3, 0.4) is 0 Å². The number of hydrogen-bond donors (Lipinski definition) is 0. The Hall–Kier alpha value is -1.32. The lowest BCUT2D eigenvalue weighted by Crippen LogP contribution is -2.26. The topological polar surface area (TPSA) is 20.3 Å².